The number of benzene rings is 2. The van der Waals surface area contributed by atoms with Crippen molar-refractivity contribution in [2.24, 2.45) is 0 Å². The molecule has 0 radical (unpaired) electrons. The molecule has 1 aliphatic rings. The lowest BCUT2D eigenvalue weighted by molar-refractivity contribution is -0.118. The van der Waals surface area contributed by atoms with E-state index in [1.165, 1.54) is 17.4 Å². The first-order valence-corrected chi connectivity index (χ1v) is 10.1. The average Bonchev–Trinajstić information content (AvgIpc) is 3.37. The van der Waals surface area contributed by atoms with Crippen LogP contribution in [0.3, 0.4) is 0 Å². The van der Waals surface area contributed by atoms with Gasteiger partial charge in [0, 0.05) is 6.61 Å². The molecule has 2 aromatic carbocycles. The smallest absolute Gasteiger partial charge is 0.233 e. The molecule has 28 heavy (non-hydrogen) atoms. The van der Waals surface area contributed by atoms with Crippen LogP contribution in [0, 0.1) is 5.82 Å². The number of rotatable bonds is 6. The molecule has 1 fully saturated rings. The van der Waals surface area contributed by atoms with Gasteiger partial charge in [0.05, 0.1) is 30.9 Å². The van der Waals surface area contributed by atoms with Gasteiger partial charge in [-0.15, -0.1) is 0 Å². The molecular formula is C21H21FN2O3S. The maximum atomic E-state index is 14.1. The molecule has 0 N–H and O–H groups in total. The fraction of sp³-hybridized carbons (Fsp3) is 0.333. The number of fused-ring (bicyclic) bond motifs is 1. The highest BCUT2D eigenvalue weighted by Gasteiger charge is 2.26. The third-order valence-corrected chi connectivity index (χ3v) is 5.86. The number of halogens is 1. The van der Waals surface area contributed by atoms with E-state index in [9.17, 15) is 9.18 Å². The fourth-order valence-corrected chi connectivity index (χ4v) is 4.32. The number of ether oxygens (including phenoxy) is 2. The largest absolute Gasteiger partial charge is 0.497 e. The maximum Gasteiger partial charge on any atom is 0.233 e. The Morgan fingerprint density at radius 2 is 2.14 bits per heavy atom. The van der Waals surface area contributed by atoms with Crippen LogP contribution in [-0.2, 0) is 16.0 Å². The second-order valence-electron chi connectivity index (χ2n) is 6.75. The number of methoxy groups -OCH3 is 1. The number of anilines is 1. The molecule has 0 unspecified atom stereocenters. The summed E-state index contributed by atoms with van der Waals surface area (Å²) in [4.78, 5) is 19.2. The molecule has 146 valence electrons. The summed E-state index contributed by atoms with van der Waals surface area (Å²) in [6, 6.07) is 12.3. The summed E-state index contributed by atoms with van der Waals surface area (Å²) in [5.41, 5.74) is 1.19. The molecule has 1 aromatic heterocycles. The lowest BCUT2D eigenvalue weighted by atomic mass is 10.1. The number of hydrogen-bond acceptors (Lipinski definition) is 5. The van der Waals surface area contributed by atoms with E-state index in [1.54, 1.807) is 18.1 Å². The van der Waals surface area contributed by atoms with E-state index in [2.05, 4.69) is 4.98 Å². The Bertz CT molecular complexity index is 967. The third kappa shape index (κ3) is 4.00. The molecule has 1 atom stereocenters. The third-order valence-electron chi connectivity index (χ3n) is 4.82. The number of carbonyl (C=O) groups excluding carboxylic acids is 1. The number of amides is 1. The Hall–Kier alpha value is -2.51. The number of hydrogen-bond donors (Lipinski definition) is 0. The lowest BCUT2D eigenvalue weighted by Gasteiger charge is -2.23. The van der Waals surface area contributed by atoms with E-state index in [4.69, 9.17) is 9.47 Å². The van der Waals surface area contributed by atoms with E-state index in [-0.39, 0.29) is 24.2 Å². The predicted octanol–water partition coefficient (Wildman–Crippen LogP) is 4.20. The summed E-state index contributed by atoms with van der Waals surface area (Å²) in [6.45, 7) is 1.13. The molecule has 5 nitrogen and oxygen atoms in total. The van der Waals surface area contributed by atoms with Crippen LogP contribution in [0.1, 0.15) is 18.4 Å². The standard InChI is InChI=1S/C21H21FN2O3S/c1-26-15-9-7-14(8-10-15)12-19(25)24(13-16-4-3-11-27-16)21-23-20-17(22)5-2-6-18(20)28-21/h2,5-10,16H,3-4,11-13H2,1H3/t16-/m0/s1. The van der Waals surface area contributed by atoms with E-state index in [0.717, 1.165) is 28.9 Å². The highest BCUT2D eigenvalue weighted by Crippen LogP contribution is 2.31. The zero-order valence-corrected chi connectivity index (χ0v) is 16.4. The van der Waals surface area contributed by atoms with Crippen molar-refractivity contribution in [1.29, 1.82) is 0 Å². The van der Waals surface area contributed by atoms with Crippen LogP contribution in [0.2, 0.25) is 0 Å². The van der Waals surface area contributed by atoms with Crippen molar-refractivity contribution in [2.45, 2.75) is 25.4 Å². The minimum Gasteiger partial charge on any atom is -0.497 e. The minimum absolute atomic E-state index is 0.0170. The number of aromatic nitrogens is 1. The minimum atomic E-state index is -0.375. The summed E-state index contributed by atoms with van der Waals surface area (Å²) >= 11 is 1.33. The van der Waals surface area contributed by atoms with Crippen LogP contribution in [0.25, 0.3) is 10.2 Å². The molecule has 0 saturated carbocycles. The van der Waals surface area contributed by atoms with Crippen LogP contribution >= 0.6 is 11.3 Å². The first-order valence-electron chi connectivity index (χ1n) is 9.24. The highest BCUT2D eigenvalue weighted by atomic mass is 32.1. The predicted molar refractivity (Wildman–Crippen MR) is 108 cm³/mol. The average molecular weight is 400 g/mol. The molecule has 3 aromatic rings. The SMILES string of the molecule is COc1ccc(CC(=O)N(C[C@@H]2CCCO2)c2nc3c(F)cccc3s2)cc1. The van der Waals surface area contributed by atoms with Crippen molar-refractivity contribution in [3.63, 3.8) is 0 Å². The van der Waals surface area contributed by atoms with E-state index in [1.807, 2.05) is 30.3 Å². The second kappa shape index (κ2) is 8.24. The molecule has 0 aliphatic carbocycles. The van der Waals surface area contributed by atoms with Gasteiger partial charge >= 0.3 is 0 Å². The van der Waals surface area contributed by atoms with Crippen molar-refractivity contribution in [2.75, 3.05) is 25.2 Å². The Morgan fingerprint density at radius 1 is 1.32 bits per heavy atom. The molecule has 7 heteroatoms. The normalized spacial score (nSPS) is 16.4. The molecule has 1 aliphatic heterocycles. The van der Waals surface area contributed by atoms with Crippen LogP contribution in [0.15, 0.2) is 42.5 Å². The zero-order valence-electron chi connectivity index (χ0n) is 15.6. The van der Waals surface area contributed by atoms with Crippen molar-refractivity contribution in [3.05, 3.63) is 53.8 Å². The molecule has 2 heterocycles. The van der Waals surface area contributed by atoms with Gasteiger partial charge in [0.25, 0.3) is 0 Å². The Labute approximate surface area is 166 Å². The van der Waals surface area contributed by atoms with Gasteiger partial charge in [0.2, 0.25) is 5.91 Å². The number of carbonyl (C=O) groups is 1. The summed E-state index contributed by atoms with van der Waals surface area (Å²) in [6.07, 6.45) is 2.11. The van der Waals surface area contributed by atoms with Gasteiger partial charge in [0.1, 0.15) is 17.1 Å². The molecule has 1 amide bonds. The molecule has 1 saturated heterocycles. The van der Waals surface area contributed by atoms with E-state index in [0.29, 0.717) is 23.8 Å². The van der Waals surface area contributed by atoms with Gasteiger partial charge < -0.3 is 9.47 Å². The van der Waals surface area contributed by atoms with Gasteiger partial charge in [0.15, 0.2) is 5.13 Å². The lowest BCUT2D eigenvalue weighted by Crippen LogP contribution is -2.38. The number of nitrogens with zero attached hydrogens (tertiary/aromatic N) is 2. The summed E-state index contributed by atoms with van der Waals surface area (Å²) in [5.74, 6) is 0.286. The van der Waals surface area contributed by atoms with Crippen LogP contribution in [0.4, 0.5) is 9.52 Å². The summed E-state index contributed by atoms with van der Waals surface area (Å²) < 4.78 is 25.7. The first-order chi connectivity index (χ1) is 13.6. The maximum absolute atomic E-state index is 14.1. The Morgan fingerprint density at radius 3 is 2.82 bits per heavy atom. The van der Waals surface area contributed by atoms with Gasteiger partial charge in [-0.2, -0.15) is 0 Å². The summed E-state index contributed by atoms with van der Waals surface area (Å²) in [7, 11) is 1.61. The van der Waals surface area contributed by atoms with Crippen molar-refractivity contribution in [3.8, 4) is 5.75 Å². The topological polar surface area (TPSA) is 51.7 Å². The molecular weight excluding hydrogens is 379 g/mol. The van der Waals surface area contributed by atoms with Gasteiger partial charge in [-0.3, -0.25) is 9.69 Å². The van der Waals surface area contributed by atoms with Gasteiger partial charge in [-0.1, -0.05) is 29.5 Å². The van der Waals surface area contributed by atoms with Gasteiger partial charge in [-0.05, 0) is 42.7 Å². The van der Waals surface area contributed by atoms with E-state index < -0.39 is 0 Å². The number of para-hydroxylation sites is 1. The first kappa shape index (κ1) is 18.8. The highest BCUT2D eigenvalue weighted by molar-refractivity contribution is 7.22. The molecule has 0 spiro atoms. The van der Waals surface area contributed by atoms with E-state index >= 15 is 0 Å². The quantitative estimate of drug-likeness (QED) is 0.622. The second-order valence-corrected chi connectivity index (χ2v) is 7.76. The van der Waals surface area contributed by atoms with Crippen molar-refractivity contribution in [1.82, 2.24) is 4.98 Å². The van der Waals surface area contributed by atoms with Crippen LogP contribution in [0.5, 0.6) is 5.75 Å². The molecule has 4 rings (SSSR count). The summed E-state index contributed by atoms with van der Waals surface area (Å²) in [5, 5.41) is 0.508. The molecule has 0 bridgehead atoms. The Balaban J connectivity index is 1.61. The Kier molecular flexibility index (Phi) is 5.54. The monoisotopic (exact) mass is 400 g/mol. The van der Waals surface area contributed by atoms with Crippen molar-refractivity contribution < 1.29 is 18.7 Å². The van der Waals surface area contributed by atoms with Crippen LogP contribution in [-0.4, -0.2) is 37.3 Å². The number of thiazole rings is 1. The van der Waals surface area contributed by atoms with Gasteiger partial charge in [-0.25, -0.2) is 9.37 Å². The zero-order chi connectivity index (χ0) is 19.5. The van der Waals surface area contributed by atoms with Crippen LogP contribution < -0.4 is 9.64 Å². The van der Waals surface area contributed by atoms with Crippen molar-refractivity contribution >= 4 is 32.6 Å². The fourth-order valence-electron chi connectivity index (χ4n) is 3.31.